The van der Waals surface area contributed by atoms with Gasteiger partial charge in [-0.3, -0.25) is 4.90 Å². The predicted octanol–water partition coefficient (Wildman–Crippen LogP) is 3.01. The van der Waals surface area contributed by atoms with Crippen LogP contribution in [0.5, 0.6) is 11.5 Å². The van der Waals surface area contributed by atoms with Gasteiger partial charge < -0.3 is 14.4 Å². The van der Waals surface area contributed by atoms with E-state index in [0.29, 0.717) is 12.4 Å². The summed E-state index contributed by atoms with van der Waals surface area (Å²) in [5.41, 5.74) is 2.69. The Bertz CT molecular complexity index is 1270. The zero-order chi connectivity index (χ0) is 21.5. The molecule has 0 atom stereocenters. The van der Waals surface area contributed by atoms with Gasteiger partial charge in [-0.15, -0.1) is 0 Å². The van der Waals surface area contributed by atoms with Crippen LogP contribution in [0.2, 0.25) is 0 Å². The second-order valence-corrected chi connectivity index (χ2v) is 7.92. The third-order valence-corrected chi connectivity index (χ3v) is 5.93. The van der Waals surface area contributed by atoms with E-state index in [2.05, 4.69) is 37.0 Å². The monoisotopic (exact) mass is 432 g/mol. The summed E-state index contributed by atoms with van der Waals surface area (Å²) in [6, 6.07) is 12.4. The van der Waals surface area contributed by atoms with Crippen LogP contribution in [0.1, 0.15) is 5.56 Å². The molecule has 0 bridgehead atoms. The van der Waals surface area contributed by atoms with Crippen LogP contribution in [0.25, 0.3) is 16.7 Å². The van der Waals surface area contributed by atoms with Gasteiger partial charge in [0.25, 0.3) is 0 Å². The van der Waals surface area contributed by atoms with Gasteiger partial charge in [-0.05, 0) is 42.0 Å². The Balaban J connectivity index is 1.18. The molecule has 0 saturated carbocycles. The molecule has 2 aromatic heterocycles. The number of hydrogen-bond acceptors (Lipinski definition) is 7. The molecular weight excluding hydrogens is 411 g/mol. The van der Waals surface area contributed by atoms with Gasteiger partial charge in [0.05, 0.1) is 17.3 Å². The molecule has 0 spiro atoms. The SMILES string of the molecule is Fc1ccc(-n2ncc3c(N4CCN(Cc5ccc6c(c5)OCO6)CC4)ncnc32)cc1. The highest BCUT2D eigenvalue weighted by molar-refractivity contribution is 5.87. The Morgan fingerprint density at radius 2 is 1.72 bits per heavy atom. The number of hydrogen-bond donors (Lipinski definition) is 0. The van der Waals surface area contributed by atoms with Crippen LogP contribution < -0.4 is 14.4 Å². The lowest BCUT2D eigenvalue weighted by Crippen LogP contribution is -2.46. The number of rotatable bonds is 4. The van der Waals surface area contributed by atoms with Crippen molar-refractivity contribution in [1.82, 2.24) is 24.6 Å². The van der Waals surface area contributed by atoms with Crippen LogP contribution >= 0.6 is 0 Å². The minimum absolute atomic E-state index is 0.279. The Morgan fingerprint density at radius 3 is 2.56 bits per heavy atom. The molecular formula is C23H21FN6O2. The lowest BCUT2D eigenvalue weighted by Gasteiger charge is -2.35. The molecule has 1 fully saturated rings. The fourth-order valence-electron chi connectivity index (χ4n) is 4.27. The molecule has 2 aliphatic heterocycles. The minimum Gasteiger partial charge on any atom is -0.454 e. The van der Waals surface area contributed by atoms with E-state index in [9.17, 15) is 4.39 Å². The zero-order valence-electron chi connectivity index (χ0n) is 17.3. The molecule has 9 heteroatoms. The minimum atomic E-state index is -0.279. The van der Waals surface area contributed by atoms with Gasteiger partial charge in [-0.25, -0.2) is 19.0 Å². The first kappa shape index (κ1) is 19.0. The van der Waals surface area contributed by atoms with E-state index in [-0.39, 0.29) is 5.82 Å². The summed E-state index contributed by atoms with van der Waals surface area (Å²) in [6.07, 6.45) is 3.35. The van der Waals surface area contributed by atoms with Crippen LogP contribution in [0.3, 0.4) is 0 Å². The molecule has 2 aliphatic rings. The molecule has 4 heterocycles. The Hall–Kier alpha value is -3.72. The molecule has 1 saturated heterocycles. The van der Waals surface area contributed by atoms with Crippen LogP contribution in [-0.2, 0) is 6.54 Å². The fraction of sp³-hybridized carbons (Fsp3) is 0.261. The summed E-state index contributed by atoms with van der Waals surface area (Å²) in [5.74, 6) is 2.24. The average molecular weight is 432 g/mol. The van der Waals surface area contributed by atoms with Crippen molar-refractivity contribution in [1.29, 1.82) is 0 Å². The second kappa shape index (κ2) is 7.76. The largest absolute Gasteiger partial charge is 0.454 e. The van der Waals surface area contributed by atoms with E-state index >= 15 is 0 Å². The van der Waals surface area contributed by atoms with Crippen molar-refractivity contribution in [3.05, 3.63) is 66.4 Å². The molecule has 162 valence electrons. The first-order valence-corrected chi connectivity index (χ1v) is 10.5. The maximum atomic E-state index is 13.3. The van der Waals surface area contributed by atoms with Crippen molar-refractivity contribution in [3.8, 4) is 17.2 Å². The number of nitrogens with zero attached hydrogens (tertiary/aromatic N) is 6. The van der Waals surface area contributed by atoms with E-state index in [1.165, 1.54) is 17.7 Å². The molecule has 32 heavy (non-hydrogen) atoms. The van der Waals surface area contributed by atoms with Gasteiger partial charge in [-0.1, -0.05) is 6.07 Å². The normalized spacial score (nSPS) is 16.1. The van der Waals surface area contributed by atoms with Crippen LogP contribution in [0.4, 0.5) is 10.2 Å². The van der Waals surface area contributed by atoms with Crippen molar-refractivity contribution < 1.29 is 13.9 Å². The maximum absolute atomic E-state index is 13.3. The van der Waals surface area contributed by atoms with E-state index in [1.54, 1.807) is 29.3 Å². The van der Waals surface area contributed by atoms with Crippen LogP contribution in [0.15, 0.2) is 55.0 Å². The Kier molecular flexibility index (Phi) is 4.61. The van der Waals surface area contributed by atoms with Gasteiger partial charge in [0.15, 0.2) is 17.1 Å². The third kappa shape index (κ3) is 3.40. The van der Waals surface area contributed by atoms with E-state index < -0.39 is 0 Å². The molecule has 8 nitrogen and oxygen atoms in total. The summed E-state index contributed by atoms with van der Waals surface area (Å²) in [7, 11) is 0. The quantitative estimate of drug-likeness (QED) is 0.491. The molecule has 0 amide bonds. The third-order valence-electron chi connectivity index (χ3n) is 5.93. The molecule has 0 N–H and O–H groups in total. The number of benzene rings is 2. The number of aromatic nitrogens is 4. The van der Waals surface area contributed by atoms with Crippen molar-refractivity contribution in [2.24, 2.45) is 0 Å². The van der Waals surface area contributed by atoms with Crippen molar-refractivity contribution in [2.75, 3.05) is 37.9 Å². The summed E-state index contributed by atoms with van der Waals surface area (Å²) in [6.45, 7) is 4.73. The highest BCUT2D eigenvalue weighted by atomic mass is 19.1. The highest BCUT2D eigenvalue weighted by Crippen LogP contribution is 2.33. The maximum Gasteiger partial charge on any atom is 0.231 e. The number of anilines is 1. The first-order valence-electron chi connectivity index (χ1n) is 10.5. The van der Waals surface area contributed by atoms with Gasteiger partial charge in [-0.2, -0.15) is 5.10 Å². The molecule has 0 radical (unpaired) electrons. The average Bonchev–Trinajstić information content (AvgIpc) is 3.47. The zero-order valence-corrected chi connectivity index (χ0v) is 17.3. The molecule has 0 aliphatic carbocycles. The summed E-state index contributed by atoms with van der Waals surface area (Å²) < 4.78 is 25.9. The number of fused-ring (bicyclic) bond motifs is 2. The van der Waals surface area contributed by atoms with E-state index in [1.807, 2.05) is 6.07 Å². The predicted molar refractivity (Wildman–Crippen MR) is 117 cm³/mol. The van der Waals surface area contributed by atoms with Gasteiger partial charge in [0.1, 0.15) is 18.0 Å². The lowest BCUT2D eigenvalue weighted by atomic mass is 10.1. The Labute approximate surface area is 183 Å². The summed E-state index contributed by atoms with van der Waals surface area (Å²) in [4.78, 5) is 13.7. The molecule has 4 aromatic rings. The van der Waals surface area contributed by atoms with Gasteiger partial charge >= 0.3 is 0 Å². The molecule has 6 rings (SSSR count). The lowest BCUT2D eigenvalue weighted by molar-refractivity contribution is 0.174. The molecule has 2 aromatic carbocycles. The van der Waals surface area contributed by atoms with Gasteiger partial charge in [0.2, 0.25) is 6.79 Å². The fourth-order valence-corrected chi connectivity index (χ4v) is 4.27. The number of halogens is 1. The van der Waals surface area contributed by atoms with Crippen LogP contribution in [-0.4, -0.2) is 57.6 Å². The topological polar surface area (TPSA) is 68.5 Å². The highest BCUT2D eigenvalue weighted by Gasteiger charge is 2.22. The van der Waals surface area contributed by atoms with E-state index in [0.717, 1.165) is 61.1 Å². The van der Waals surface area contributed by atoms with Gasteiger partial charge in [0, 0.05) is 32.7 Å². The summed E-state index contributed by atoms with van der Waals surface area (Å²) in [5, 5.41) is 5.37. The number of ether oxygens (including phenoxy) is 2. The van der Waals surface area contributed by atoms with Crippen molar-refractivity contribution in [2.45, 2.75) is 6.54 Å². The number of piperazine rings is 1. The Morgan fingerprint density at radius 1 is 0.906 bits per heavy atom. The summed E-state index contributed by atoms with van der Waals surface area (Å²) >= 11 is 0. The second-order valence-electron chi connectivity index (χ2n) is 7.92. The first-order chi connectivity index (χ1) is 15.7. The van der Waals surface area contributed by atoms with Crippen molar-refractivity contribution >= 4 is 16.9 Å². The van der Waals surface area contributed by atoms with Crippen LogP contribution in [0, 0.1) is 5.82 Å². The smallest absolute Gasteiger partial charge is 0.231 e. The van der Waals surface area contributed by atoms with E-state index in [4.69, 9.17) is 9.47 Å². The van der Waals surface area contributed by atoms with Crippen molar-refractivity contribution in [3.63, 3.8) is 0 Å². The standard InChI is InChI=1S/C23H21FN6O2/c24-17-2-4-18(5-3-17)30-23-19(12-27-30)22(25-14-26-23)29-9-7-28(8-10-29)13-16-1-6-20-21(11-16)32-15-31-20/h1-6,11-12,14H,7-10,13,15H2. The molecule has 0 unspecified atom stereocenters.